The summed E-state index contributed by atoms with van der Waals surface area (Å²) in [6, 6.07) is 11.8. The zero-order chi connectivity index (χ0) is 18.8. The summed E-state index contributed by atoms with van der Waals surface area (Å²) in [6.07, 6.45) is 0. The first kappa shape index (κ1) is 18.0. The Bertz CT molecular complexity index is 1020. The Kier molecular flexibility index (Phi) is 5.01. The molecule has 132 valence electrons. The molecule has 1 heterocycles. The fourth-order valence-electron chi connectivity index (χ4n) is 2.49. The number of halogens is 1. The summed E-state index contributed by atoms with van der Waals surface area (Å²) in [7, 11) is 0. The van der Waals surface area contributed by atoms with Gasteiger partial charge in [0.2, 0.25) is 0 Å². The molecule has 26 heavy (non-hydrogen) atoms. The first-order valence-corrected chi connectivity index (χ1v) is 8.85. The maximum atomic E-state index is 12.6. The van der Waals surface area contributed by atoms with Crippen molar-refractivity contribution in [1.82, 2.24) is 4.98 Å². The number of amides is 1. The topological polar surface area (TPSA) is 85.1 Å². The molecule has 3 aromatic rings. The number of benzene rings is 2. The molecule has 0 aliphatic carbocycles. The van der Waals surface area contributed by atoms with Crippen LogP contribution in [0.1, 0.15) is 20.9 Å². The molecule has 1 N–H and O–H groups in total. The molecule has 2 aromatic carbocycles. The van der Waals surface area contributed by atoms with E-state index in [0.717, 1.165) is 5.56 Å². The Morgan fingerprint density at radius 1 is 1.23 bits per heavy atom. The van der Waals surface area contributed by atoms with Crippen LogP contribution in [0, 0.1) is 24.0 Å². The van der Waals surface area contributed by atoms with Gasteiger partial charge in [-0.25, -0.2) is 4.98 Å². The number of aryl methyl sites for hydroxylation is 1. The number of nitro groups is 1. The SMILES string of the molecule is Cc1nc(-c2cccc(Cl)c2)sc1C(=O)Nc1cccc([N+](=O)[O-])c1C. The van der Waals surface area contributed by atoms with E-state index in [1.54, 1.807) is 32.0 Å². The van der Waals surface area contributed by atoms with Gasteiger partial charge >= 0.3 is 0 Å². The van der Waals surface area contributed by atoms with E-state index in [0.29, 0.717) is 31.9 Å². The molecule has 0 radical (unpaired) electrons. The van der Waals surface area contributed by atoms with E-state index in [1.807, 2.05) is 12.1 Å². The number of hydrogen-bond donors (Lipinski definition) is 1. The van der Waals surface area contributed by atoms with E-state index in [1.165, 1.54) is 23.5 Å². The van der Waals surface area contributed by atoms with Crippen LogP contribution in [0.3, 0.4) is 0 Å². The number of nitrogens with zero attached hydrogens (tertiary/aromatic N) is 2. The van der Waals surface area contributed by atoms with Gasteiger partial charge in [-0.1, -0.05) is 29.8 Å². The second-order valence-corrected chi connectivity index (χ2v) is 7.04. The van der Waals surface area contributed by atoms with Crippen molar-refractivity contribution in [3.05, 3.63) is 73.7 Å². The van der Waals surface area contributed by atoms with Gasteiger partial charge in [-0.2, -0.15) is 0 Å². The average molecular weight is 388 g/mol. The smallest absolute Gasteiger partial charge is 0.274 e. The maximum absolute atomic E-state index is 12.6. The zero-order valence-electron chi connectivity index (χ0n) is 13.9. The third kappa shape index (κ3) is 3.58. The molecular weight excluding hydrogens is 374 g/mol. The highest BCUT2D eigenvalue weighted by atomic mass is 35.5. The Morgan fingerprint density at radius 3 is 2.65 bits per heavy atom. The Hall–Kier alpha value is -2.77. The van der Waals surface area contributed by atoms with Crippen LogP contribution in [-0.4, -0.2) is 15.8 Å². The second-order valence-electron chi connectivity index (χ2n) is 5.60. The quantitative estimate of drug-likeness (QED) is 0.490. The predicted octanol–water partition coefficient (Wildman–Crippen LogP) is 5.24. The Morgan fingerprint density at radius 2 is 1.96 bits per heavy atom. The van der Waals surface area contributed by atoms with Gasteiger partial charge in [0.05, 0.1) is 21.9 Å². The summed E-state index contributed by atoms with van der Waals surface area (Å²) in [5.74, 6) is -0.350. The van der Waals surface area contributed by atoms with E-state index < -0.39 is 4.92 Å². The monoisotopic (exact) mass is 387 g/mol. The number of carbonyl (C=O) groups excluding carboxylic acids is 1. The van der Waals surface area contributed by atoms with Crippen molar-refractivity contribution in [2.24, 2.45) is 0 Å². The number of anilines is 1. The van der Waals surface area contributed by atoms with Crippen molar-refractivity contribution < 1.29 is 9.72 Å². The van der Waals surface area contributed by atoms with Crippen LogP contribution < -0.4 is 5.32 Å². The summed E-state index contributed by atoms with van der Waals surface area (Å²) in [6.45, 7) is 3.35. The van der Waals surface area contributed by atoms with E-state index in [-0.39, 0.29) is 11.6 Å². The molecule has 0 spiro atoms. The lowest BCUT2D eigenvalue weighted by Gasteiger charge is -2.07. The van der Waals surface area contributed by atoms with Gasteiger partial charge in [-0.3, -0.25) is 14.9 Å². The summed E-state index contributed by atoms with van der Waals surface area (Å²) in [5.41, 5.74) is 2.19. The van der Waals surface area contributed by atoms with Crippen LogP contribution in [0.5, 0.6) is 0 Å². The van der Waals surface area contributed by atoms with Crippen molar-refractivity contribution >= 4 is 40.2 Å². The lowest BCUT2D eigenvalue weighted by Crippen LogP contribution is -2.13. The first-order valence-electron chi connectivity index (χ1n) is 7.65. The minimum atomic E-state index is -0.472. The molecule has 8 heteroatoms. The van der Waals surface area contributed by atoms with Crippen LogP contribution >= 0.6 is 22.9 Å². The standard InChI is InChI=1S/C18H14ClN3O3S/c1-10-14(7-4-8-15(10)22(24)25)21-17(23)16-11(2)20-18(26-16)12-5-3-6-13(19)9-12/h3-9H,1-2H3,(H,21,23). The van der Waals surface area contributed by atoms with Crippen molar-refractivity contribution in [1.29, 1.82) is 0 Å². The molecular formula is C18H14ClN3O3S. The minimum absolute atomic E-state index is 0.0385. The van der Waals surface area contributed by atoms with Crippen LogP contribution in [0.4, 0.5) is 11.4 Å². The van der Waals surface area contributed by atoms with Gasteiger partial charge in [-0.15, -0.1) is 11.3 Å². The molecule has 0 unspecified atom stereocenters. The number of hydrogen-bond acceptors (Lipinski definition) is 5. The van der Waals surface area contributed by atoms with Crippen LogP contribution in [0.25, 0.3) is 10.6 Å². The molecule has 0 saturated carbocycles. The molecule has 0 aliphatic rings. The van der Waals surface area contributed by atoms with Gasteiger partial charge in [0.1, 0.15) is 9.88 Å². The fraction of sp³-hybridized carbons (Fsp3) is 0.111. The van der Waals surface area contributed by atoms with Gasteiger partial charge < -0.3 is 5.32 Å². The van der Waals surface area contributed by atoms with Gasteiger partial charge in [-0.05, 0) is 32.0 Å². The number of rotatable bonds is 4. The normalized spacial score (nSPS) is 10.6. The fourth-order valence-corrected chi connectivity index (χ4v) is 3.64. The van der Waals surface area contributed by atoms with Crippen LogP contribution in [0.2, 0.25) is 5.02 Å². The van der Waals surface area contributed by atoms with Crippen molar-refractivity contribution in [2.75, 3.05) is 5.32 Å². The summed E-state index contributed by atoms with van der Waals surface area (Å²) in [4.78, 5) is 28.1. The zero-order valence-corrected chi connectivity index (χ0v) is 15.5. The van der Waals surface area contributed by atoms with Crippen molar-refractivity contribution in [3.8, 4) is 10.6 Å². The van der Waals surface area contributed by atoms with Crippen molar-refractivity contribution in [2.45, 2.75) is 13.8 Å². The molecule has 6 nitrogen and oxygen atoms in total. The lowest BCUT2D eigenvalue weighted by atomic mass is 10.1. The number of thiazole rings is 1. The van der Waals surface area contributed by atoms with E-state index >= 15 is 0 Å². The highest BCUT2D eigenvalue weighted by molar-refractivity contribution is 7.17. The Labute approximate surface area is 158 Å². The average Bonchev–Trinajstić information content (AvgIpc) is 2.98. The largest absolute Gasteiger partial charge is 0.321 e. The number of nitro benzene ring substituents is 1. The van der Waals surface area contributed by atoms with Crippen molar-refractivity contribution in [3.63, 3.8) is 0 Å². The lowest BCUT2D eigenvalue weighted by molar-refractivity contribution is -0.385. The maximum Gasteiger partial charge on any atom is 0.274 e. The Balaban J connectivity index is 1.90. The number of nitrogens with one attached hydrogen (secondary N) is 1. The molecule has 1 aromatic heterocycles. The van der Waals surface area contributed by atoms with Crippen LogP contribution in [0.15, 0.2) is 42.5 Å². The van der Waals surface area contributed by atoms with Crippen LogP contribution in [-0.2, 0) is 0 Å². The van der Waals surface area contributed by atoms with E-state index in [9.17, 15) is 14.9 Å². The predicted molar refractivity (Wildman–Crippen MR) is 103 cm³/mol. The highest BCUT2D eigenvalue weighted by Crippen LogP contribution is 2.31. The summed E-state index contributed by atoms with van der Waals surface area (Å²) < 4.78 is 0. The number of aromatic nitrogens is 1. The molecule has 3 rings (SSSR count). The molecule has 0 atom stereocenters. The highest BCUT2D eigenvalue weighted by Gasteiger charge is 2.19. The van der Waals surface area contributed by atoms with Gasteiger partial charge in [0.25, 0.3) is 11.6 Å². The molecule has 0 bridgehead atoms. The third-order valence-corrected chi connectivity index (χ3v) is 5.26. The second kappa shape index (κ2) is 7.23. The molecule has 1 amide bonds. The number of carbonyl (C=O) groups is 1. The van der Waals surface area contributed by atoms with Gasteiger partial charge in [0.15, 0.2) is 0 Å². The molecule has 0 fully saturated rings. The van der Waals surface area contributed by atoms with E-state index in [4.69, 9.17) is 11.6 Å². The third-order valence-electron chi connectivity index (χ3n) is 3.82. The summed E-state index contributed by atoms with van der Waals surface area (Å²) in [5, 5.41) is 15.1. The first-order chi connectivity index (χ1) is 12.4. The molecule has 0 aliphatic heterocycles. The minimum Gasteiger partial charge on any atom is -0.321 e. The van der Waals surface area contributed by atoms with Gasteiger partial charge in [0, 0.05) is 16.7 Å². The summed E-state index contributed by atoms with van der Waals surface area (Å²) >= 11 is 7.26. The van der Waals surface area contributed by atoms with E-state index in [2.05, 4.69) is 10.3 Å². The molecule has 0 saturated heterocycles.